The third-order valence-corrected chi connectivity index (χ3v) is 5.34. The molecular weight excluding hydrogens is 356 g/mol. The molecule has 2 aromatic carbocycles. The lowest BCUT2D eigenvalue weighted by molar-refractivity contribution is 0.0789. The molecule has 1 fully saturated rings. The highest BCUT2D eigenvalue weighted by Crippen LogP contribution is 2.36. The van der Waals surface area contributed by atoms with Crippen molar-refractivity contribution in [1.29, 1.82) is 0 Å². The Morgan fingerprint density at radius 3 is 2.71 bits per heavy atom. The number of methoxy groups -OCH3 is 2. The maximum atomic E-state index is 13.0. The Morgan fingerprint density at radius 1 is 1.11 bits per heavy atom. The largest absolute Gasteiger partial charge is 0.497 e. The van der Waals surface area contributed by atoms with Crippen LogP contribution in [0.1, 0.15) is 28.3 Å². The fourth-order valence-electron chi connectivity index (χ4n) is 3.83. The molecule has 1 amide bonds. The highest BCUT2D eigenvalue weighted by atomic mass is 16.5. The molecule has 4 rings (SSSR count). The molecule has 0 spiro atoms. The van der Waals surface area contributed by atoms with E-state index in [1.807, 2.05) is 42.5 Å². The van der Waals surface area contributed by atoms with Gasteiger partial charge in [0.25, 0.3) is 11.5 Å². The van der Waals surface area contributed by atoms with Gasteiger partial charge in [-0.3, -0.25) is 9.59 Å². The van der Waals surface area contributed by atoms with Crippen molar-refractivity contribution in [2.24, 2.45) is 0 Å². The Bertz CT molecular complexity index is 1090. The molecule has 3 aromatic rings. The lowest BCUT2D eigenvalue weighted by Gasteiger charge is -2.18. The number of carbonyl (C=O) groups is 1. The van der Waals surface area contributed by atoms with Gasteiger partial charge in [0, 0.05) is 30.1 Å². The van der Waals surface area contributed by atoms with Crippen LogP contribution in [0.2, 0.25) is 0 Å². The minimum absolute atomic E-state index is 0.133. The van der Waals surface area contributed by atoms with E-state index in [9.17, 15) is 9.59 Å². The lowest BCUT2D eigenvalue weighted by Crippen LogP contribution is -2.33. The summed E-state index contributed by atoms with van der Waals surface area (Å²) in [6, 6.07) is 14.8. The van der Waals surface area contributed by atoms with Gasteiger partial charge in [0.15, 0.2) is 0 Å². The topological polar surface area (TPSA) is 71.6 Å². The Balaban J connectivity index is 1.60. The van der Waals surface area contributed by atoms with Crippen LogP contribution in [-0.4, -0.2) is 43.1 Å². The molecule has 1 unspecified atom stereocenters. The molecule has 144 valence electrons. The minimum atomic E-state index is -0.355. The number of benzene rings is 2. The molecule has 1 aliphatic heterocycles. The monoisotopic (exact) mass is 378 g/mol. The zero-order valence-corrected chi connectivity index (χ0v) is 15.9. The predicted octanol–water partition coefficient (Wildman–Crippen LogP) is 3.18. The van der Waals surface area contributed by atoms with Gasteiger partial charge in [0.05, 0.1) is 14.2 Å². The Labute approximate surface area is 162 Å². The third-order valence-electron chi connectivity index (χ3n) is 5.34. The van der Waals surface area contributed by atoms with Gasteiger partial charge in [0.2, 0.25) is 0 Å². The molecule has 1 aliphatic rings. The smallest absolute Gasteiger partial charge is 0.261 e. The van der Waals surface area contributed by atoms with Crippen LogP contribution in [0.3, 0.4) is 0 Å². The van der Waals surface area contributed by atoms with Crippen molar-refractivity contribution in [3.63, 3.8) is 0 Å². The number of ether oxygens (including phenoxy) is 2. The molecule has 1 N–H and O–H groups in total. The van der Waals surface area contributed by atoms with Gasteiger partial charge in [-0.15, -0.1) is 0 Å². The first kappa shape index (κ1) is 18.1. The van der Waals surface area contributed by atoms with Crippen LogP contribution in [-0.2, 0) is 0 Å². The SMILES string of the molecule is COc1ccc(OC)c(C2CCN(C(=O)c3cc4ccccc4[nH]c3=O)C2)c1. The molecule has 6 nitrogen and oxygen atoms in total. The van der Waals surface area contributed by atoms with Crippen LogP contribution < -0.4 is 15.0 Å². The molecule has 1 aromatic heterocycles. The van der Waals surface area contributed by atoms with Gasteiger partial charge in [-0.1, -0.05) is 18.2 Å². The minimum Gasteiger partial charge on any atom is -0.497 e. The van der Waals surface area contributed by atoms with Crippen molar-refractivity contribution in [1.82, 2.24) is 9.88 Å². The average Bonchev–Trinajstić information content (AvgIpc) is 3.22. The number of aromatic nitrogens is 1. The highest BCUT2D eigenvalue weighted by molar-refractivity contribution is 5.97. The van der Waals surface area contributed by atoms with E-state index in [4.69, 9.17) is 9.47 Å². The van der Waals surface area contributed by atoms with Crippen LogP contribution in [0.5, 0.6) is 11.5 Å². The lowest BCUT2D eigenvalue weighted by atomic mass is 9.97. The molecule has 1 atom stereocenters. The number of rotatable bonds is 4. The number of hydrogen-bond acceptors (Lipinski definition) is 4. The summed E-state index contributed by atoms with van der Waals surface area (Å²) in [6.45, 7) is 1.13. The van der Waals surface area contributed by atoms with Crippen LogP contribution in [0.25, 0.3) is 10.9 Å². The van der Waals surface area contributed by atoms with Crippen molar-refractivity contribution in [2.75, 3.05) is 27.3 Å². The first-order valence-corrected chi connectivity index (χ1v) is 9.24. The fourth-order valence-corrected chi connectivity index (χ4v) is 3.83. The van der Waals surface area contributed by atoms with Gasteiger partial charge in [-0.2, -0.15) is 0 Å². The number of carbonyl (C=O) groups excluding carboxylic acids is 1. The van der Waals surface area contributed by atoms with E-state index >= 15 is 0 Å². The molecule has 2 heterocycles. The van der Waals surface area contributed by atoms with E-state index in [1.165, 1.54) is 0 Å². The van der Waals surface area contributed by atoms with E-state index < -0.39 is 0 Å². The zero-order valence-electron chi connectivity index (χ0n) is 15.9. The fraction of sp³-hybridized carbons (Fsp3) is 0.273. The molecule has 1 saturated heterocycles. The van der Waals surface area contributed by atoms with Gasteiger partial charge in [-0.25, -0.2) is 0 Å². The Morgan fingerprint density at radius 2 is 1.93 bits per heavy atom. The number of nitrogens with zero attached hydrogens (tertiary/aromatic N) is 1. The molecule has 0 radical (unpaired) electrons. The van der Waals surface area contributed by atoms with Crippen molar-refractivity contribution >= 4 is 16.8 Å². The van der Waals surface area contributed by atoms with Crippen molar-refractivity contribution in [2.45, 2.75) is 12.3 Å². The third kappa shape index (κ3) is 3.22. The van der Waals surface area contributed by atoms with E-state index in [2.05, 4.69) is 4.98 Å². The first-order chi connectivity index (χ1) is 13.6. The van der Waals surface area contributed by atoms with Gasteiger partial charge < -0.3 is 19.4 Å². The zero-order chi connectivity index (χ0) is 19.7. The highest BCUT2D eigenvalue weighted by Gasteiger charge is 2.31. The summed E-state index contributed by atoms with van der Waals surface area (Å²) in [5.74, 6) is 1.43. The molecule has 6 heteroatoms. The number of likely N-dealkylation sites (tertiary alicyclic amines) is 1. The Hall–Kier alpha value is -3.28. The summed E-state index contributed by atoms with van der Waals surface area (Å²) >= 11 is 0. The number of para-hydroxylation sites is 1. The summed E-state index contributed by atoms with van der Waals surface area (Å²) in [5, 5.41) is 0.843. The number of hydrogen-bond donors (Lipinski definition) is 1. The summed E-state index contributed by atoms with van der Waals surface area (Å²) in [7, 11) is 3.26. The predicted molar refractivity (Wildman–Crippen MR) is 107 cm³/mol. The van der Waals surface area contributed by atoms with Gasteiger partial charge in [-0.05, 0) is 42.1 Å². The summed E-state index contributed by atoms with van der Waals surface area (Å²) in [5.41, 5.74) is 1.57. The van der Waals surface area contributed by atoms with Gasteiger partial charge >= 0.3 is 0 Å². The molecule has 0 saturated carbocycles. The normalized spacial score (nSPS) is 16.4. The maximum Gasteiger partial charge on any atom is 0.261 e. The van der Waals surface area contributed by atoms with Crippen molar-refractivity contribution in [3.8, 4) is 11.5 Å². The summed E-state index contributed by atoms with van der Waals surface area (Å²) < 4.78 is 10.8. The number of amides is 1. The maximum absolute atomic E-state index is 13.0. The number of pyridine rings is 1. The van der Waals surface area contributed by atoms with Crippen molar-refractivity contribution < 1.29 is 14.3 Å². The number of H-pyrrole nitrogens is 1. The van der Waals surface area contributed by atoms with Crippen LogP contribution >= 0.6 is 0 Å². The second-order valence-corrected chi connectivity index (χ2v) is 6.94. The average molecular weight is 378 g/mol. The Kier molecular flexibility index (Phi) is 4.77. The van der Waals surface area contributed by atoms with Crippen LogP contribution in [0.15, 0.2) is 53.3 Å². The molecule has 0 aliphatic carbocycles. The number of aromatic amines is 1. The van der Waals surface area contributed by atoms with E-state index in [0.29, 0.717) is 13.1 Å². The summed E-state index contributed by atoms with van der Waals surface area (Å²) in [4.78, 5) is 30.0. The van der Waals surface area contributed by atoms with Crippen molar-refractivity contribution in [3.05, 3.63) is 70.0 Å². The number of fused-ring (bicyclic) bond motifs is 1. The molecular formula is C22H22N2O4. The van der Waals surface area contributed by atoms with Crippen LogP contribution in [0.4, 0.5) is 0 Å². The standard InChI is InChI=1S/C22H22N2O4/c1-27-16-7-8-20(28-2)17(12-16)15-9-10-24(13-15)22(26)18-11-14-5-3-4-6-19(14)23-21(18)25/h3-8,11-12,15H,9-10,13H2,1-2H3,(H,23,25). The van der Waals surface area contributed by atoms with Crippen LogP contribution in [0, 0.1) is 0 Å². The van der Waals surface area contributed by atoms with E-state index in [1.54, 1.807) is 25.2 Å². The van der Waals surface area contributed by atoms with Gasteiger partial charge in [0.1, 0.15) is 17.1 Å². The first-order valence-electron chi connectivity index (χ1n) is 9.24. The summed E-state index contributed by atoms with van der Waals surface area (Å²) in [6.07, 6.45) is 0.806. The molecule has 0 bridgehead atoms. The van der Waals surface area contributed by atoms with E-state index in [0.717, 1.165) is 34.4 Å². The second-order valence-electron chi connectivity index (χ2n) is 6.94. The van der Waals surface area contributed by atoms with E-state index in [-0.39, 0.29) is 22.9 Å². The second kappa shape index (κ2) is 7.38. The quantitative estimate of drug-likeness (QED) is 0.757. The molecule has 28 heavy (non-hydrogen) atoms. The number of nitrogens with one attached hydrogen (secondary N) is 1.